The van der Waals surface area contributed by atoms with Crippen LogP contribution >= 0.6 is 15.9 Å². The van der Waals surface area contributed by atoms with Gasteiger partial charge in [-0.1, -0.05) is 0 Å². The molecule has 0 aromatic heterocycles. The summed E-state index contributed by atoms with van der Waals surface area (Å²) in [5.41, 5.74) is 0. The van der Waals surface area contributed by atoms with Crippen molar-refractivity contribution in [2.75, 3.05) is 6.54 Å². The molecule has 0 aliphatic carbocycles. The van der Waals surface area contributed by atoms with Gasteiger partial charge in [-0.05, 0) is 15.9 Å². The SMILES string of the molecule is O=C1NCC1(F)Br. The average molecular weight is 168 g/mol. The smallest absolute Gasteiger partial charge is 0.270 e. The molecule has 1 fully saturated rings. The third-order valence-electron chi connectivity index (χ3n) is 0.803. The molecule has 1 atom stereocenters. The minimum Gasteiger partial charge on any atom is -0.348 e. The van der Waals surface area contributed by atoms with E-state index in [1.807, 2.05) is 0 Å². The lowest BCUT2D eigenvalue weighted by Crippen LogP contribution is -2.57. The summed E-state index contributed by atoms with van der Waals surface area (Å²) in [7, 11) is 0. The fourth-order valence-electron chi connectivity index (χ4n) is 0.294. The molecule has 1 saturated heterocycles. The quantitative estimate of drug-likeness (QED) is 0.405. The Bertz CT molecular complexity index is 114. The Labute approximate surface area is 48.2 Å². The Balaban J connectivity index is 2.59. The van der Waals surface area contributed by atoms with Crippen LogP contribution in [0.25, 0.3) is 0 Å². The number of rotatable bonds is 0. The van der Waals surface area contributed by atoms with Crippen LogP contribution < -0.4 is 5.32 Å². The number of amides is 1. The maximum absolute atomic E-state index is 12.1. The van der Waals surface area contributed by atoms with Crippen LogP contribution in [0.3, 0.4) is 0 Å². The molecular weight excluding hydrogens is 165 g/mol. The summed E-state index contributed by atoms with van der Waals surface area (Å²) in [5.74, 6) is -0.576. The molecule has 0 saturated carbocycles. The summed E-state index contributed by atoms with van der Waals surface area (Å²) in [6.07, 6.45) is 0. The first kappa shape index (κ1) is 5.03. The minimum absolute atomic E-state index is 0.0891. The maximum atomic E-state index is 12.1. The van der Waals surface area contributed by atoms with E-state index < -0.39 is 10.5 Å². The monoisotopic (exact) mass is 167 g/mol. The second-order valence-electron chi connectivity index (χ2n) is 1.39. The van der Waals surface area contributed by atoms with Crippen molar-refractivity contribution in [3.8, 4) is 0 Å². The van der Waals surface area contributed by atoms with Crippen LogP contribution in [0, 0.1) is 0 Å². The molecule has 1 aliphatic heterocycles. The first-order valence-electron chi connectivity index (χ1n) is 1.79. The van der Waals surface area contributed by atoms with E-state index in [1.54, 1.807) is 0 Å². The summed E-state index contributed by atoms with van der Waals surface area (Å²) in [6, 6.07) is 0. The van der Waals surface area contributed by atoms with Gasteiger partial charge in [-0.15, -0.1) is 0 Å². The average Bonchev–Trinajstić information content (AvgIpc) is 1.63. The standard InChI is InChI=1S/C3H3BrFNO/c4-3(5)1-6-2(3)7/h1H2,(H,6,7). The van der Waals surface area contributed by atoms with E-state index >= 15 is 0 Å². The molecule has 1 N–H and O–H groups in total. The number of alkyl halides is 2. The Morgan fingerprint density at radius 2 is 2.43 bits per heavy atom. The zero-order valence-corrected chi connectivity index (χ0v) is 4.96. The molecule has 4 heteroatoms. The van der Waals surface area contributed by atoms with Gasteiger partial charge in [0.15, 0.2) is 0 Å². The molecule has 1 aliphatic rings. The van der Waals surface area contributed by atoms with Crippen LogP contribution in [0.2, 0.25) is 0 Å². The van der Waals surface area contributed by atoms with Gasteiger partial charge in [-0.2, -0.15) is 0 Å². The van der Waals surface area contributed by atoms with Crippen molar-refractivity contribution in [1.29, 1.82) is 0 Å². The number of carbonyl (C=O) groups excluding carboxylic acids is 1. The molecule has 1 unspecified atom stereocenters. The lowest BCUT2D eigenvalue weighted by molar-refractivity contribution is -0.134. The molecule has 0 aromatic rings. The fraction of sp³-hybridized carbons (Fsp3) is 0.667. The van der Waals surface area contributed by atoms with Crippen LogP contribution in [0.5, 0.6) is 0 Å². The Kier molecular flexibility index (Phi) is 0.849. The molecule has 7 heavy (non-hydrogen) atoms. The van der Waals surface area contributed by atoms with Gasteiger partial charge in [0.05, 0.1) is 6.54 Å². The van der Waals surface area contributed by atoms with E-state index in [9.17, 15) is 9.18 Å². The number of hydrogen-bond acceptors (Lipinski definition) is 1. The van der Waals surface area contributed by atoms with Crippen molar-refractivity contribution in [2.45, 2.75) is 4.58 Å². The minimum atomic E-state index is -1.76. The van der Waals surface area contributed by atoms with E-state index in [0.717, 1.165) is 0 Å². The first-order valence-corrected chi connectivity index (χ1v) is 2.58. The van der Waals surface area contributed by atoms with Gasteiger partial charge in [0.2, 0.25) is 0 Å². The predicted molar refractivity (Wildman–Crippen MR) is 25.8 cm³/mol. The second-order valence-corrected chi connectivity index (χ2v) is 2.64. The lowest BCUT2D eigenvalue weighted by atomic mass is 10.2. The third-order valence-corrected chi connectivity index (χ3v) is 1.44. The highest BCUT2D eigenvalue weighted by molar-refractivity contribution is 9.10. The van der Waals surface area contributed by atoms with Crippen LogP contribution in [0.15, 0.2) is 0 Å². The summed E-state index contributed by atoms with van der Waals surface area (Å²) in [4.78, 5) is 10.0. The van der Waals surface area contributed by atoms with Crippen molar-refractivity contribution in [3.63, 3.8) is 0 Å². The molecule has 0 radical (unpaired) electrons. The molecular formula is C3H3BrFNO. The van der Waals surface area contributed by atoms with Crippen molar-refractivity contribution < 1.29 is 9.18 Å². The van der Waals surface area contributed by atoms with E-state index in [4.69, 9.17) is 0 Å². The summed E-state index contributed by atoms with van der Waals surface area (Å²) < 4.78 is 10.3. The van der Waals surface area contributed by atoms with Gasteiger partial charge in [0.25, 0.3) is 10.5 Å². The van der Waals surface area contributed by atoms with Crippen molar-refractivity contribution in [2.24, 2.45) is 0 Å². The third kappa shape index (κ3) is 0.627. The predicted octanol–water partition coefficient (Wildman–Crippen LogP) is 0.177. The number of β-lactam (4-membered cyclic amide) rings is 1. The van der Waals surface area contributed by atoms with Crippen molar-refractivity contribution in [1.82, 2.24) is 5.32 Å². The zero-order chi connectivity index (χ0) is 5.49. The highest BCUT2D eigenvalue weighted by Gasteiger charge is 2.44. The molecule has 0 aromatic carbocycles. The van der Waals surface area contributed by atoms with E-state index in [0.29, 0.717) is 0 Å². The number of nitrogens with one attached hydrogen (secondary N) is 1. The zero-order valence-electron chi connectivity index (χ0n) is 3.37. The highest BCUT2D eigenvalue weighted by atomic mass is 79.9. The molecule has 2 nitrogen and oxygen atoms in total. The summed E-state index contributed by atoms with van der Waals surface area (Å²) in [6.45, 7) is 0.0891. The molecule has 0 spiro atoms. The van der Waals surface area contributed by atoms with E-state index in [1.165, 1.54) is 0 Å². The Hall–Kier alpha value is -0.120. The van der Waals surface area contributed by atoms with Gasteiger partial charge in [-0.3, -0.25) is 4.79 Å². The van der Waals surface area contributed by atoms with Gasteiger partial charge < -0.3 is 5.32 Å². The normalized spacial score (nSPS) is 39.4. The molecule has 1 heterocycles. The number of carbonyl (C=O) groups is 1. The number of halogens is 2. The second kappa shape index (κ2) is 1.18. The fourth-order valence-corrected chi connectivity index (χ4v) is 0.575. The van der Waals surface area contributed by atoms with Crippen molar-refractivity contribution >= 4 is 21.8 Å². The van der Waals surface area contributed by atoms with Crippen LogP contribution in [0.1, 0.15) is 0 Å². The summed E-state index contributed by atoms with van der Waals surface area (Å²) in [5, 5.41) is 2.24. The van der Waals surface area contributed by atoms with Gasteiger partial charge >= 0.3 is 0 Å². The number of hydrogen-bond donors (Lipinski definition) is 1. The molecule has 1 amide bonds. The van der Waals surface area contributed by atoms with Crippen molar-refractivity contribution in [3.05, 3.63) is 0 Å². The van der Waals surface area contributed by atoms with Crippen LogP contribution in [-0.2, 0) is 4.79 Å². The summed E-state index contributed by atoms with van der Waals surface area (Å²) >= 11 is 2.55. The van der Waals surface area contributed by atoms with E-state index in [-0.39, 0.29) is 6.54 Å². The highest BCUT2D eigenvalue weighted by Crippen LogP contribution is 2.24. The van der Waals surface area contributed by atoms with Gasteiger partial charge in [0.1, 0.15) is 0 Å². The topological polar surface area (TPSA) is 29.1 Å². The largest absolute Gasteiger partial charge is 0.348 e. The Morgan fingerprint density at radius 3 is 2.43 bits per heavy atom. The molecule has 1 rings (SSSR count). The lowest BCUT2D eigenvalue weighted by Gasteiger charge is -2.26. The van der Waals surface area contributed by atoms with Gasteiger partial charge in [0, 0.05) is 0 Å². The van der Waals surface area contributed by atoms with Crippen LogP contribution in [0.4, 0.5) is 4.39 Å². The van der Waals surface area contributed by atoms with E-state index in [2.05, 4.69) is 21.2 Å². The Morgan fingerprint density at radius 1 is 2.00 bits per heavy atom. The maximum Gasteiger partial charge on any atom is 0.270 e. The van der Waals surface area contributed by atoms with Crippen LogP contribution in [-0.4, -0.2) is 17.0 Å². The molecule has 40 valence electrons. The first-order chi connectivity index (χ1) is 3.13. The molecule has 0 bridgehead atoms. The van der Waals surface area contributed by atoms with Gasteiger partial charge in [-0.25, -0.2) is 4.39 Å².